The van der Waals surface area contributed by atoms with E-state index in [-0.39, 0.29) is 5.78 Å². The Bertz CT molecular complexity index is 599. The molecule has 0 atom stereocenters. The molecule has 0 bridgehead atoms. The van der Waals surface area contributed by atoms with Gasteiger partial charge in [-0.15, -0.1) is 0 Å². The lowest BCUT2D eigenvalue weighted by Crippen LogP contribution is -2.06. The van der Waals surface area contributed by atoms with Crippen molar-refractivity contribution in [2.24, 2.45) is 0 Å². The number of benzene rings is 2. The molecule has 2 nitrogen and oxygen atoms in total. The number of ketones is 1. The highest BCUT2D eigenvalue weighted by molar-refractivity contribution is 5.81. The molecule has 20 heavy (non-hydrogen) atoms. The molecule has 0 aliphatic carbocycles. The van der Waals surface area contributed by atoms with Crippen molar-refractivity contribution >= 4 is 11.5 Å². The van der Waals surface area contributed by atoms with Crippen molar-refractivity contribution in [1.82, 2.24) is 0 Å². The van der Waals surface area contributed by atoms with E-state index in [4.69, 9.17) is 5.73 Å². The quantitative estimate of drug-likeness (QED) is 0.841. The van der Waals surface area contributed by atoms with E-state index in [1.54, 1.807) is 0 Å². The molecule has 104 valence electrons. The molecule has 0 unspecified atom stereocenters. The van der Waals surface area contributed by atoms with Gasteiger partial charge in [0.05, 0.1) is 0 Å². The van der Waals surface area contributed by atoms with Gasteiger partial charge >= 0.3 is 0 Å². The second kappa shape index (κ2) is 6.38. The first kappa shape index (κ1) is 14.3. The van der Waals surface area contributed by atoms with E-state index in [0.29, 0.717) is 12.8 Å². The van der Waals surface area contributed by atoms with Gasteiger partial charge in [-0.25, -0.2) is 0 Å². The lowest BCUT2D eigenvalue weighted by atomic mass is 9.98. The Morgan fingerprint density at radius 2 is 1.75 bits per heavy atom. The number of hydrogen-bond donors (Lipinski definition) is 1. The Hall–Kier alpha value is -2.09. The molecular formula is C18H21NO. The maximum Gasteiger partial charge on any atom is 0.137 e. The second-order valence-corrected chi connectivity index (χ2v) is 5.39. The largest absolute Gasteiger partial charge is 0.399 e. The normalized spacial score (nSPS) is 10.5. The maximum absolute atomic E-state index is 12.1. The van der Waals surface area contributed by atoms with Crippen LogP contribution in [0.5, 0.6) is 0 Å². The number of aryl methyl sites for hydroxylation is 3. The van der Waals surface area contributed by atoms with Crippen LogP contribution in [0.4, 0.5) is 5.69 Å². The van der Waals surface area contributed by atoms with Crippen molar-refractivity contribution in [2.75, 3.05) is 5.73 Å². The maximum atomic E-state index is 12.1. The van der Waals surface area contributed by atoms with E-state index in [1.165, 1.54) is 11.1 Å². The first-order valence-corrected chi connectivity index (χ1v) is 6.97. The van der Waals surface area contributed by atoms with E-state index < -0.39 is 0 Å². The molecule has 0 aliphatic heterocycles. The predicted molar refractivity (Wildman–Crippen MR) is 83.8 cm³/mol. The average molecular weight is 267 g/mol. The second-order valence-electron chi connectivity index (χ2n) is 5.39. The third kappa shape index (κ3) is 3.95. The monoisotopic (exact) mass is 267 g/mol. The highest BCUT2D eigenvalue weighted by atomic mass is 16.1. The molecule has 0 fully saturated rings. The van der Waals surface area contributed by atoms with Gasteiger partial charge in [0.2, 0.25) is 0 Å². The lowest BCUT2D eigenvalue weighted by molar-refractivity contribution is -0.118. The van der Waals surface area contributed by atoms with Crippen LogP contribution < -0.4 is 5.73 Å². The molecule has 0 aromatic heterocycles. The van der Waals surface area contributed by atoms with Crippen molar-refractivity contribution in [3.05, 3.63) is 64.7 Å². The summed E-state index contributed by atoms with van der Waals surface area (Å²) in [5.74, 6) is 0.288. The average Bonchev–Trinajstić information content (AvgIpc) is 2.42. The smallest absolute Gasteiger partial charge is 0.137 e. The third-order valence-electron chi connectivity index (χ3n) is 3.56. The fourth-order valence-electron chi connectivity index (χ4n) is 2.26. The van der Waals surface area contributed by atoms with Crippen molar-refractivity contribution in [2.45, 2.75) is 33.1 Å². The van der Waals surface area contributed by atoms with E-state index in [1.807, 2.05) is 24.3 Å². The zero-order valence-electron chi connectivity index (χ0n) is 12.1. The first-order valence-electron chi connectivity index (χ1n) is 6.97. The highest BCUT2D eigenvalue weighted by Gasteiger charge is 2.07. The van der Waals surface area contributed by atoms with Crippen molar-refractivity contribution in [3.8, 4) is 0 Å². The minimum Gasteiger partial charge on any atom is -0.399 e. The Labute approximate surface area is 120 Å². The molecule has 2 heteroatoms. The van der Waals surface area contributed by atoms with Crippen LogP contribution >= 0.6 is 0 Å². The number of rotatable bonds is 5. The highest BCUT2D eigenvalue weighted by Crippen LogP contribution is 2.14. The molecule has 2 N–H and O–H groups in total. The molecule has 0 heterocycles. The van der Waals surface area contributed by atoms with E-state index >= 15 is 0 Å². The number of hydrogen-bond acceptors (Lipinski definition) is 2. The predicted octanol–water partition coefficient (Wildman–Crippen LogP) is 3.63. The van der Waals surface area contributed by atoms with Crippen LogP contribution in [0.3, 0.4) is 0 Å². The minimum atomic E-state index is 0.288. The Morgan fingerprint density at radius 3 is 2.45 bits per heavy atom. The van der Waals surface area contributed by atoms with Gasteiger partial charge in [-0.05, 0) is 49.1 Å². The molecule has 2 aromatic rings. The van der Waals surface area contributed by atoms with Gasteiger partial charge in [0.1, 0.15) is 5.78 Å². The van der Waals surface area contributed by atoms with E-state index in [2.05, 4.69) is 32.0 Å². The summed E-state index contributed by atoms with van der Waals surface area (Å²) in [6.45, 7) is 4.11. The molecule has 2 rings (SSSR count). The van der Waals surface area contributed by atoms with Crippen LogP contribution in [0.15, 0.2) is 42.5 Å². The molecule has 0 aliphatic rings. The number of carbonyl (C=O) groups excluding carboxylic acids is 1. The Kier molecular flexibility index (Phi) is 4.57. The summed E-state index contributed by atoms with van der Waals surface area (Å²) < 4.78 is 0. The Balaban J connectivity index is 1.92. The molecule has 0 spiro atoms. The summed E-state index contributed by atoms with van der Waals surface area (Å²) in [6, 6.07) is 14.0. The van der Waals surface area contributed by atoms with Crippen LogP contribution in [0.1, 0.15) is 28.7 Å². The van der Waals surface area contributed by atoms with Crippen molar-refractivity contribution in [3.63, 3.8) is 0 Å². The molecule has 0 amide bonds. The summed E-state index contributed by atoms with van der Waals surface area (Å²) in [5.41, 5.74) is 11.1. The standard InChI is InChI=1S/C18H21NO/c1-13-3-4-14(2)16(11-13)12-18(20)10-7-15-5-8-17(19)9-6-15/h3-6,8-9,11H,7,10,12,19H2,1-2H3. The lowest BCUT2D eigenvalue weighted by Gasteiger charge is -2.07. The summed E-state index contributed by atoms with van der Waals surface area (Å²) in [5, 5.41) is 0. The molecule has 0 saturated carbocycles. The molecule has 2 aromatic carbocycles. The van der Waals surface area contributed by atoms with Gasteiger partial charge in [0, 0.05) is 18.5 Å². The summed E-state index contributed by atoms with van der Waals surface area (Å²) in [4.78, 5) is 12.1. The number of anilines is 1. The van der Waals surface area contributed by atoms with Crippen LogP contribution in [0, 0.1) is 13.8 Å². The van der Waals surface area contributed by atoms with Gasteiger partial charge in [0.25, 0.3) is 0 Å². The molecule has 0 saturated heterocycles. The van der Waals surface area contributed by atoms with E-state index in [9.17, 15) is 4.79 Å². The minimum absolute atomic E-state index is 0.288. The topological polar surface area (TPSA) is 43.1 Å². The van der Waals surface area contributed by atoms with E-state index in [0.717, 1.165) is 23.2 Å². The van der Waals surface area contributed by atoms with Crippen LogP contribution in [0.2, 0.25) is 0 Å². The molecule has 0 radical (unpaired) electrons. The fourth-order valence-corrected chi connectivity index (χ4v) is 2.26. The van der Waals surface area contributed by atoms with Gasteiger partial charge in [-0.2, -0.15) is 0 Å². The zero-order chi connectivity index (χ0) is 14.5. The van der Waals surface area contributed by atoms with Crippen LogP contribution in [0.25, 0.3) is 0 Å². The van der Waals surface area contributed by atoms with Gasteiger partial charge < -0.3 is 5.73 Å². The van der Waals surface area contributed by atoms with Gasteiger partial charge in [-0.3, -0.25) is 4.79 Å². The van der Waals surface area contributed by atoms with Crippen molar-refractivity contribution in [1.29, 1.82) is 0 Å². The first-order chi connectivity index (χ1) is 9.54. The summed E-state index contributed by atoms with van der Waals surface area (Å²) in [6.07, 6.45) is 1.89. The molecular weight excluding hydrogens is 246 g/mol. The SMILES string of the molecule is Cc1ccc(C)c(CC(=O)CCc2ccc(N)cc2)c1. The fraction of sp³-hybridized carbons (Fsp3) is 0.278. The third-order valence-corrected chi connectivity index (χ3v) is 3.56. The zero-order valence-corrected chi connectivity index (χ0v) is 12.1. The number of nitrogens with two attached hydrogens (primary N) is 1. The van der Waals surface area contributed by atoms with Gasteiger partial charge in [-0.1, -0.05) is 35.9 Å². The number of nitrogen functional groups attached to an aromatic ring is 1. The van der Waals surface area contributed by atoms with Crippen LogP contribution in [-0.2, 0) is 17.6 Å². The Morgan fingerprint density at radius 1 is 1.05 bits per heavy atom. The summed E-state index contributed by atoms with van der Waals surface area (Å²) in [7, 11) is 0. The number of Topliss-reactive ketones (excluding diaryl/α,β-unsaturated/α-hetero) is 1. The van der Waals surface area contributed by atoms with Crippen LogP contribution in [-0.4, -0.2) is 5.78 Å². The number of carbonyl (C=O) groups is 1. The van der Waals surface area contributed by atoms with Gasteiger partial charge in [0.15, 0.2) is 0 Å². The summed E-state index contributed by atoms with van der Waals surface area (Å²) >= 11 is 0. The van der Waals surface area contributed by atoms with Crippen molar-refractivity contribution < 1.29 is 4.79 Å².